The van der Waals surface area contributed by atoms with E-state index < -0.39 is 0 Å². The Hall–Kier alpha value is -1.61. The Morgan fingerprint density at radius 2 is 1.91 bits per heavy atom. The lowest BCUT2D eigenvalue weighted by atomic mass is 9.84. The summed E-state index contributed by atoms with van der Waals surface area (Å²) in [5, 5.41) is 3.62. The lowest BCUT2D eigenvalue weighted by molar-refractivity contribution is 0.280. The molecule has 1 saturated carbocycles. The van der Waals surface area contributed by atoms with Crippen LogP contribution in [0, 0.1) is 12.8 Å². The molecule has 2 aromatic rings. The largest absolute Gasteiger partial charge is 0.444 e. The van der Waals surface area contributed by atoms with E-state index in [-0.39, 0.29) is 0 Å². The number of nitrogens with one attached hydrogen (secondary N) is 1. The van der Waals surface area contributed by atoms with Crippen LogP contribution in [0.4, 0.5) is 0 Å². The zero-order chi connectivity index (χ0) is 15.4. The van der Waals surface area contributed by atoms with Crippen LogP contribution in [-0.2, 0) is 6.54 Å². The Labute approximate surface area is 133 Å². The van der Waals surface area contributed by atoms with Gasteiger partial charge in [-0.2, -0.15) is 0 Å². The second-order valence-electron chi connectivity index (χ2n) is 6.58. The number of benzene rings is 1. The molecule has 3 heteroatoms. The first-order chi connectivity index (χ1) is 10.7. The van der Waals surface area contributed by atoms with Crippen molar-refractivity contribution in [1.29, 1.82) is 0 Å². The minimum absolute atomic E-state index is 0.555. The Bertz CT molecular complexity index is 582. The molecule has 0 saturated heterocycles. The molecule has 0 spiro atoms. The molecule has 0 amide bonds. The molecule has 1 aromatic heterocycles. The highest BCUT2D eigenvalue weighted by Crippen LogP contribution is 2.26. The topological polar surface area (TPSA) is 38.1 Å². The molecular weight excluding hydrogens is 272 g/mol. The van der Waals surface area contributed by atoms with Gasteiger partial charge in [-0.15, -0.1) is 0 Å². The monoisotopic (exact) mass is 298 g/mol. The van der Waals surface area contributed by atoms with Crippen molar-refractivity contribution in [2.75, 3.05) is 0 Å². The molecule has 1 aliphatic rings. The van der Waals surface area contributed by atoms with Crippen molar-refractivity contribution in [3.63, 3.8) is 0 Å². The molecule has 1 aromatic carbocycles. The van der Waals surface area contributed by atoms with Crippen molar-refractivity contribution >= 4 is 0 Å². The van der Waals surface area contributed by atoms with Gasteiger partial charge < -0.3 is 9.73 Å². The molecule has 1 heterocycles. The van der Waals surface area contributed by atoms with E-state index in [1.807, 2.05) is 0 Å². The zero-order valence-corrected chi connectivity index (χ0v) is 13.6. The van der Waals surface area contributed by atoms with Gasteiger partial charge in [0.05, 0.1) is 5.69 Å². The summed E-state index contributed by atoms with van der Waals surface area (Å²) in [5.74, 6) is 1.53. The molecule has 118 valence electrons. The van der Waals surface area contributed by atoms with E-state index in [9.17, 15) is 0 Å². The van der Waals surface area contributed by atoms with Gasteiger partial charge >= 0.3 is 0 Å². The maximum absolute atomic E-state index is 5.62. The molecule has 0 aliphatic heterocycles. The molecule has 3 nitrogen and oxygen atoms in total. The van der Waals surface area contributed by atoms with Crippen LogP contribution in [-0.4, -0.2) is 11.0 Å². The van der Waals surface area contributed by atoms with Gasteiger partial charge in [0, 0.05) is 18.2 Å². The fourth-order valence-corrected chi connectivity index (χ4v) is 3.28. The van der Waals surface area contributed by atoms with E-state index in [1.54, 1.807) is 6.26 Å². The first-order valence-corrected chi connectivity index (χ1v) is 8.47. The first kappa shape index (κ1) is 15.3. The fourth-order valence-electron chi connectivity index (χ4n) is 3.28. The second kappa shape index (κ2) is 7.10. The number of aromatic nitrogens is 1. The number of nitrogens with zero attached hydrogens (tertiary/aromatic N) is 1. The highest BCUT2D eigenvalue weighted by Gasteiger charge is 2.19. The van der Waals surface area contributed by atoms with E-state index in [0.717, 1.165) is 23.7 Å². The maximum Gasteiger partial charge on any atom is 0.226 e. The quantitative estimate of drug-likeness (QED) is 0.869. The normalized spacial score (nSPS) is 17.5. The van der Waals surface area contributed by atoms with Gasteiger partial charge in [-0.3, -0.25) is 0 Å². The molecule has 22 heavy (non-hydrogen) atoms. The fraction of sp³-hybridized carbons (Fsp3) is 0.526. The molecule has 3 rings (SSSR count). The third-order valence-corrected chi connectivity index (χ3v) is 4.81. The highest BCUT2D eigenvalue weighted by atomic mass is 16.3. The highest BCUT2D eigenvalue weighted by molar-refractivity contribution is 5.53. The van der Waals surface area contributed by atoms with E-state index in [2.05, 4.69) is 48.4 Å². The SMILES string of the molecule is Cc1ccc(-c2nc(CNC(C)C3CCCCC3)co2)cc1. The summed E-state index contributed by atoms with van der Waals surface area (Å²) < 4.78 is 5.62. The molecule has 1 aliphatic carbocycles. The lowest BCUT2D eigenvalue weighted by Gasteiger charge is -2.28. The van der Waals surface area contributed by atoms with Gasteiger partial charge in [0.2, 0.25) is 5.89 Å². The van der Waals surface area contributed by atoms with Gasteiger partial charge in [-0.05, 0) is 44.7 Å². The first-order valence-electron chi connectivity index (χ1n) is 8.47. The van der Waals surface area contributed by atoms with E-state index in [0.29, 0.717) is 11.9 Å². The van der Waals surface area contributed by atoms with Crippen molar-refractivity contribution in [3.05, 3.63) is 41.8 Å². The average molecular weight is 298 g/mol. The van der Waals surface area contributed by atoms with E-state index >= 15 is 0 Å². The van der Waals surface area contributed by atoms with Crippen LogP contribution in [0.1, 0.15) is 50.3 Å². The smallest absolute Gasteiger partial charge is 0.226 e. The van der Waals surface area contributed by atoms with Crippen molar-refractivity contribution in [2.45, 2.75) is 58.5 Å². The summed E-state index contributed by atoms with van der Waals surface area (Å²) in [5.41, 5.74) is 3.27. The van der Waals surface area contributed by atoms with E-state index in [4.69, 9.17) is 4.42 Å². The van der Waals surface area contributed by atoms with Crippen molar-refractivity contribution < 1.29 is 4.42 Å². The Balaban J connectivity index is 1.56. The third-order valence-electron chi connectivity index (χ3n) is 4.81. The summed E-state index contributed by atoms with van der Waals surface area (Å²) in [7, 11) is 0. The van der Waals surface area contributed by atoms with Gasteiger partial charge in [-0.1, -0.05) is 37.0 Å². The minimum Gasteiger partial charge on any atom is -0.444 e. The van der Waals surface area contributed by atoms with Crippen LogP contribution in [0.2, 0.25) is 0 Å². The van der Waals surface area contributed by atoms with Crippen LogP contribution in [0.25, 0.3) is 11.5 Å². The van der Waals surface area contributed by atoms with Gasteiger partial charge in [-0.25, -0.2) is 4.98 Å². The second-order valence-corrected chi connectivity index (χ2v) is 6.58. The summed E-state index contributed by atoms with van der Waals surface area (Å²) >= 11 is 0. The number of rotatable bonds is 5. The Kier molecular flexibility index (Phi) is 4.94. The van der Waals surface area contributed by atoms with E-state index in [1.165, 1.54) is 37.7 Å². The summed E-state index contributed by atoms with van der Waals surface area (Å²) in [4.78, 5) is 4.60. The molecule has 0 bridgehead atoms. The van der Waals surface area contributed by atoms with Gasteiger partial charge in [0.1, 0.15) is 6.26 Å². The summed E-state index contributed by atoms with van der Waals surface area (Å²) in [6.45, 7) is 5.17. The predicted molar refractivity (Wildman–Crippen MR) is 89.6 cm³/mol. The minimum atomic E-state index is 0.555. The molecule has 0 radical (unpaired) electrons. The average Bonchev–Trinajstić information content (AvgIpc) is 3.03. The Morgan fingerprint density at radius 3 is 2.64 bits per heavy atom. The van der Waals surface area contributed by atoms with Crippen LogP contribution in [0.5, 0.6) is 0 Å². The van der Waals surface area contributed by atoms with Crippen molar-refractivity contribution in [3.8, 4) is 11.5 Å². The van der Waals surface area contributed by atoms with Crippen LogP contribution in [0.15, 0.2) is 34.9 Å². The molecule has 1 N–H and O–H groups in total. The molecule has 1 fully saturated rings. The maximum atomic E-state index is 5.62. The summed E-state index contributed by atoms with van der Waals surface area (Å²) in [6, 6.07) is 8.84. The van der Waals surface area contributed by atoms with Crippen LogP contribution in [0.3, 0.4) is 0 Å². The van der Waals surface area contributed by atoms with Crippen molar-refractivity contribution in [2.24, 2.45) is 5.92 Å². The number of hydrogen-bond acceptors (Lipinski definition) is 3. The van der Waals surface area contributed by atoms with Crippen LogP contribution < -0.4 is 5.32 Å². The van der Waals surface area contributed by atoms with Crippen LogP contribution >= 0.6 is 0 Å². The number of aryl methyl sites for hydroxylation is 1. The standard InChI is InChI=1S/C19H26N2O/c1-14-8-10-17(11-9-14)19-21-18(13-22-19)12-20-15(2)16-6-4-3-5-7-16/h8-11,13,15-16,20H,3-7,12H2,1-2H3. The zero-order valence-electron chi connectivity index (χ0n) is 13.6. The molecule has 1 atom stereocenters. The predicted octanol–water partition coefficient (Wildman–Crippen LogP) is 4.71. The third kappa shape index (κ3) is 3.77. The Morgan fingerprint density at radius 1 is 1.18 bits per heavy atom. The number of oxazole rings is 1. The molecule has 1 unspecified atom stereocenters. The van der Waals surface area contributed by atoms with Crippen molar-refractivity contribution in [1.82, 2.24) is 10.3 Å². The molecular formula is C19H26N2O. The summed E-state index contributed by atoms with van der Waals surface area (Å²) in [6.07, 6.45) is 8.68. The van der Waals surface area contributed by atoms with Gasteiger partial charge in [0.25, 0.3) is 0 Å². The number of hydrogen-bond donors (Lipinski definition) is 1. The lowest BCUT2D eigenvalue weighted by Crippen LogP contribution is -2.34. The van der Waals surface area contributed by atoms with Gasteiger partial charge in [0.15, 0.2) is 0 Å².